The first-order valence-electron chi connectivity index (χ1n) is 8.39. The first-order chi connectivity index (χ1) is 13.1. The number of rotatable bonds is 6. The lowest BCUT2D eigenvalue weighted by Crippen LogP contribution is -2.15. The molecule has 0 radical (unpaired) electrons. The molecule has 0 spiro atoms. The molecule has 0 aliphatic carbocycles. The monoisotopic (exact) mass is 363 g/mol. The maximum atomic E-state index is 12.4. The fourth-order valence-corrected chi connectivity index (χ4v) is 2.45. The van der Waals surface area contributed by atoms with Crippen molar-refractivity contribution in [3.63, 3.8) is 0 Å². The molecule has 2 aromatic carbocycles. The maximum Gasteiger partial charge on any atom is 0.276 e. The average molecular weight is 363 g/mol. The number of anilines is 4. The summed E-state index contributed by atoms with van der Waals surface area (Å²) in [6.45, 7) is 0. The van der Waals surface area contributed by atoms with E-state index >= 15 is 0 Å². The molecule has 0 aliphatic rings. The summed E-state index contributed by atoms with van der Waals surface area (Å²) in [4.78, 5) is 14.4. The lowest BCUT2D eigenvalue weighted by Gasteiger charge is -2.13. The van der Waals surface area contributed by atoms with E-state index in [1.54, 1.807) is 31.4 Å². The third-order valence-electron chi connectivity index (χ3n) is 3.91. The Morgan fingerprint density at radius 2 is 1.70 bits per heavy atom. The molecule has 7 heteroatoms. The lowest BCUT2D eigenvalue weighted by molar-refractivity contribution is 0.102. The van der Waals surface area contributed by atoms with Gasteiger partial charge < -0.3 is 20.3 Å². The SMILES string of the molecule is COc1ccccc1NC(=O)c1ccc(Nc2ccc(N(C)C)cc2)nn1. The van der Waals surface area contributed by atoms with Crippen molar-refractivity contribution in [2.75, 3.05) is 36.7 Å². The molecule has 7 nitrogen and oxygen atoms in total. The number of nitrogens with zero attached hydrogens (tertiary/aromatic N) is 3. The Morgan fingerprint density at radius 3 is 2.33 bits per heavy atom. The minimum Gasteiger partial charge on any atom is -0.495 e. The summed E-state index contributed by atoms with van der Waals surface area (Å²) in [5.41, 5.74) is 2.79. The van der Waals surface area contributed by atoms with Crippen LogP contribution in [-0.4, -0.2) is 37.3 Å². The number of benzene rings is 2. The van der Waals surface area contributed by atoms with Crippen LogP contribution in [0.15, 0.2) is 60.7 Å². The molecule has 0 fully saturated rings. The Morgan fingerprint density at radius 1 is 0.963 bits per heavy atom. The maximum absolute atomic E-state index is 12.4. The van der Waals surface area contributed by atoms with Gasteiger partial charge in [-0.25, -0.2) is 0 Å². The molecule has 1 aromatic heterocycles. The van der Waals surface area contributed by atoms with Crippen LogP contribution in [0, 0.1) is 0 Å². The van der Waals surface area contributed by atoms with Crippen LogP contribution in [-0.2, 0) is 0 Å². The van der Waals surface area contributed by atoms with E-state index in [-0.39, 0.29) is 11.6 Å². The van der Waals surface area contributed by atoms with Crippen LogP contribution < -0.4 is 20.3 Å². The summed E-state index contributed by atoms with van der Waals surface area (Å²) in [5, 5.41) is 14.0. The number of aromatic nitrogens is 2. The molecule has 0 bridgehead atoms. The summed E-state index contributed by atoms with van der Waals surface area (Å²) < 4.78 is 5.23. The number of nitrogens with one attached hydrogen (secondary N) is 2. The normalized spacial score (nSPS) is 10.2. The molecule has 27 heavy (non-hydrogen) atoms. The van der Waals surface area contributed by atoms with Gasteiger partial charge in [0.05, 0.1) is 12.8 Å². The summed E-state index contributed by atoms with van der Waals surface area (Å²) in [6.07, 6.45) is 0. The van der Waals surface area contributed by atoms with Crippen molar-refractivity contribution in [2.24, 2.45) is 0 Å². The summed E-state index contributed by atoms with van der Waals surface area (Å²) in [7, 11) is 5.53. The van der Waals surface area contributed by atoms with E-state index in [1.807, 2.05) is 55.4 Å². The molecule has 3 aromatic rings. The van der Waals surface area contributed by atoms with Gasteiger partial charge in [-0.15, -0.1) is 10.2 Å². The molecule has 3 rings (SSSR count). The first-order valence-corrected chi connectivity index (χ1v) is 8.39. The summed E-state index contributed by atoms with van der Waals surface area (Å²) in [5.74, 6) is 0.786. The highest BCUT2D eigenvalue weighted by Crippen LogP contribution is 2.23. The molecular formula is C20H21N5O2. The Kier molecular flexibility index (Phi) is 5.51. The van der Waals surface area contributed by atoms with Crippen LogP contribution in [0.1, 0.15) is 10.5 Å². The molecule has 0 saturated carbocycles. The number of carbonyl (C=O) groups excluding carboxylic acids is 1. The van der Waals surface area contributed by atoms with Gasteiger partial charge in [0, 0.05) is 25.5 Å². The highest BCUT2D eigenvalue weighted by Gasteiger charge is 2.11. The van der Waals surface area contributed by atoms with Crippen molar-refractivity contribution in [3.8, 4) is 5.75 Å². The van der Waals surface area contributed by atoms with Crippen LogP contribution in [0.2, 0.25) is 0 Å². The van der Waals surface area contributed by atoms with Gasteiger partial charge in [0.25, 0.3) is 5.91 Å². The van der Waals surface area contributed by atoms with Crippen LogP contribution in [0.25, 0.3) is 0 Å². The molecule has 138 valence electrons. The number of carbonyl (C=O) groups is 1. The van der Waals surface area contributed by atoms with Crippen molar-refractivity contribution in [1.29, 1.82) is 0 Å². The van der Waals surface area contributed by atoms with Crippen LogP contribution >= 0.6 is 0 Å². The van der Waals surface area contributed by atoms with E-state index in [0.29, 0.717) is 17.3 Å². The van der Waals surface area contributed by atoms with Crippen LogP contribution in [0.5, 0.6) is 5.75 Å². The van der Waals surface area contributed by atoms with Crippen LogP contribution in [0.4, 0.5) is 22.9 Å². The third kappa shape index (κ3) is 4.52. The lowest BCUT2D eigenvalue weighted by atomic mass is 10.2. The predicted octanol–water partition coefficient (Wildman–Crippen LogP) is 3.55. The van der Waals surface area contributed by atoms with Crippen molar-refractivity contribution < 1.29 is 9.53 Å². The number of para-hydroxylation sites is 2. The molecule has 0 aliphatic heterocycles. The van der Waals surface area contributed by atoms with E-state index in [9.17, 15) is 4.79 Å². The van der Waals surface area contributed by atoms with E-state index in [2.05, 4.69) is 20.8 Å². The predicted molar refractivity (Wildman–Crippen MR) is 107 cm³/mol. The molecule has 1 heterocycles. The second kappa shape index (κ2) is 8.18. The van der Waals surface area contributed by atoms with Gasteiger partial charge in [-0.3, -0.25) is 4.79 Å². The molecule has 0 unspecified atom stereocenters. The Labute approximate surface area is 158 Å². The Balaban J connectivity index is 1.66. The molecule has 2 N–H and O–H groups in total. The number of hydrogen-bond donors (Lipinski definition) is 2. The van der Waals surface area contributed by atoms with E-state index < -0.39 is 0 Å². The van der Waals surface area contributed by atoms with E-state index in [4.69, 9.17) is 4.74 Å². The largest absolute Gasteiger partial charge is 0.495 e. The van der Waals surface area contributed by atoms with Gasteiger partial charge in [0.1, 0.15) is 5.75 Å². The third-order valence-corrected chi connectivity index (χ3v) is 3.91. The van der Waals surface area contributed by atoms with Gasteiger partial charge >= 0.3 is 0 Å². The fraction of sp³-hybridized carbons (Fsp3) is 0.150. The number of methoxy groups -OCH3 is 1. The van der Waals surface area contributed by atoms with Crippen molar-refractivity contribution in [2.45, 2.75) is 0 Å². The minimum atomic E-state index is -0.353. The van der Waals surface area contributed by atoms with Gasteiger partial charge in [-0.05, 0) is 48.5 Å². The topological polar surface area (TPSA) is 79.4 Å². The Hall–Kier alpha value is -3.61. The molecule has 0 saturated heterocycles. The van der Waals surface area contributed by atoms with Gasteiger partial charge in [-0.2, -0.15) is 0 Å². The molecule has 0 atom stereocenters. The zero-order valence-electron chi connectivity index (χ0n) is 15.4. The molecular weight excluding hydrogens is 342 g/mol. The summed E-state index contributed by atoms with van der Waals surface area (Å²) in [6, 6.07) is 18.4. The van der Waals surface area contributed by atoms with Gasteiger partial charge in [-0.1, -0.05) is 12.1 Å². The quantitative estimate of drug-likeness (QED) is 0.697. The second-order valence-corrected chi connectivity index (χ2v) is 6.02. The Bertz CT molecular complexity index is 908. The zero-order valence-corrected chi connectivity index (χ0v) is 15.4. The van der Waals surface area contributed by atoms with Crippen molar-refractivity contribution in [3.05, 3.63) is 66.4 Å². The number of amides is 1. The smallest absolute Gasteiger partial charge is 0.276 e. The minimum absolute atomic E-state index is 0.217. The van der Waals surface area contributed by atoms with Gasteiger partial charge in [0.15, 0.2) is 11.5 Å². The summed E-state index contributed by atoms with van der Waals surface area (Å²) >= 11 is 0. The van der Waals surface area contributed by atoms with Crippen molar-refractivity contribution in [1.82, 2.24) is 10.2 Å². The van der Waals surface area contributed by atoms with E-state index in [0.717, 1.165) is 11.4 Å². The number of hydrogen-bond acceptors (Lipinski definition) is 6. The van der Waals surface area contributed by atoms with Crippen molar-refractivity contribution >= 4 is 28.8 Å². The average Bonchev–Trinajstić information content (AvgIpc) is 2.69. The highest BCUT2D eigenvalue weighted by molar-refractivity contribution is 6.03. The van der Waals surface area contributed by atoms with Crippen LogP contribution in [0.3, 0.4) is 0 Å². The highest BCUT2D eigenvalue weighted by atomic mass is 16.5. The zero-order chi connectivity index (χ0) is 19.2. The fourth-order valence-electron chi connectivity index (χ4n) is 2.45. The first kappa shape index (κ1) is 18.2. The standard InChI is InChI=1S/C20H21N5O2/c1-25(2)15-10-8-14(9-11-15)21-19-13-12-17(23-24-19)20(26)22-16-6-4-5-7-18(16)27-3/h4-13H,1-3H3,(H,21,24)(H,22,26). The van der Waals surface area contributed by atoms with Gasteiger partial charge in [0.2, 0.25) is 0 Å². The van der Waals surface area contributed by atoms with E-state index in [1.165, 1.54) is 0 Å². The second-order valence-electron chi connectivity index (χ2n) is 6.02. The number of ether oxygens (including phenoxy) is 1. The molecule has 1 amide bonds.